The second-order valence-electron chi connectivity index (χ2n) is 6.88. The summed E-state index contributed by atoms with van der Waals surface area (Å²) in [5.74, 6) is -0.525. The number of nitrogens with one attached hydrogen (secondary N) is 1. The summed E-state index contributed by atoms with van der Waals surface area (Å²) < 4.78 is 15.0. The number of thiazole rings is 1. The quantitative estimate of drug-likeness (QED) is 0.528. The van der Waals surface area contributed by atoms with Gasteiger partial charge in [-0.25, -0.2) is 14.1 Å². The molecule has 2 aromatic heterocycles. The molecular weight excluding hydrogens is 387 g/mol. The Morgan fingerprint density at radius 3 is 2.59 bits per heavy atom. The molecule has 0 saturated heterocycles. The number of benzene rings is 2. The SMILES string of the molecule is O=C(Nc1ccc(-c2nccs2)cc1)c1nn(-c2ccc(F)cc2)c2c1CCC2. The number of nitrogens with zero attached hydrogens (tertiary/aromatic N) is 3. The van der Waals surface area contributed by atoms with Crippen LogP contribution in [0.25, 0.3) is 16.3 Å². The first-order valence-corrected chi connectivity index (χ1v) is 10.2. The van der Waals surface area contributed by atoms with E-state index in [0.717, 1.165) is 46.8 Å². The van der Waals surface area contributed by atoms with Gasteiger partial charge in [-0.05, 0) is 67.8 Å². The van der Waals surface area contributed by atoms with Crippen LogP contribution >= 0.6 is 11.3 Å². The number of amides is 1. The first kappa shape index (κ1) is 17.8. The van der Waals surface area contributed by atoms with Crippen molar-refractivity contribution in [3.63, 3.8) is 0 Å². The number of anilines is 1. The highest BCUT2D eigenvalue weighted by molar-refractivity contribution is 7.13. The zero-order chi connectivity index (χ0) is 19.8. The summed E-state index contributed by atoms with van der Waals surface area (Å²) in [6.45, 7) is 0. The van der Waals surface area contributed by atoms with Crippen LogP contribution in [0.2, 0.25) is 0 Å². The van der Waals surface area contributed by atoms with Gasteiger partial charge in [-0.3, -0.25) is 4.79 Å². The van der Waals surface area contributed by atoms with Crippen LogP contribution in [0.5, 0.6) is 0 Å². The fourth-order valence-electron chi connectivity index (χ4n) is 3.67. The lowest BCUT2D eigenvalue weighted by Gasteiger charge is -2.06. The monoisotopic (exact) mass is 404 g/mol. The Hall–Kier alpha value is -3.32. The van der Waals surface area contributed by atoms with Crippen molar-refractivity contribution < 1.29 is 9.18 Å². The van der Waals surface area contributed by atoms with Crippen molar-refractivity contribution in [1.29, 1.82) is 0 Å². The fourth-order valence-corrected chi connectivity index (χ4v) is 4.31. The maximum Gasteiger partial charge on any atom is 0.276 e. The fraction of sp³-hybridized carbons (Fsp3) is 0.136. The van der Waals surface area contributed by atoms with Crippen molar-refractivity contribution in [2.24, 2.45) is 0 Å². The molecule has 0 radical (unpaired) electrons. The average Bonchev–Trinajstić information content (AvgIpc) is 3.47. The van der Waals surface area contributed by atoms with Crippen LogP contribution in [0.4, 0.5) is 10.1 Å². The standard InChI is InChI=1S/C22H17FN4OS/c23-15-6-10-17(11-7-15)27-19-3-1-2-18(19)20(26-27)21(28)25-16-8-4-14(5-9-16)22-24-12-13-29-22/h4-13H,1-3H2,(H,25,28). The van der Waals surface area contributed by atoms with Gasteiger partial charge in [0, 0.05) is 34.1 Å². The topological polar surface area (TPSA) is 59.8 Å². The molecule has 2 aromatic carbocycles. The molecule has 4 aromatic rings. The normalized spacial score (nSPS) is 12.7. The van der Waals surface area contributed by atoms with Crippen molar-refractivity contribution in [2.75, 3.05) is 5.32 Å². The molecule has 0 fully saturated rings. The Bertz CT molecular complexity index is 1170. The lowest BCUT2D eigenvalue weighted by Crippen LogP contribution is -2.15. The number of halogens is 1. The minimum absolute atomic E-state index is 0.231. The molecule has 1 aliphatic rings. The molecule has 0 spiro atoms. The first-order valence-electron chi connectivity index (χ1n) is 9.37. The molecule has 1 aliphatic carbocycles. The summed E-state index contributed by atoms with van der Waals surface area (Å²) >= 11 is 1.57. The number of fused-ring (bicyclic) bond motifs is 1. The Morgan fingerprint density at radius 2 is 1.86 bits per heavy atom. The summed E-state index contributed by atoms with van der Waals surface area (Å²) in [5.41, 5.74) is 4.92. The van der Waals surface area contributed by atoms with Gasteiger partial charge in [-0.1, -0.05) is 0 Å². The van der Waals surface area contributed by atoms with Crippen molar-refractivity contribution >= 4 is 22.9 Å². The maximum absolute atomic E-state index is 13.3. The lowest BCUT2D eigenvalue weighted by molar-refractivity contribution is 0.102. The highest BCUT2D eigenvalue weighted by Gasteiger charge is 2.27. The van der Waals surface area contributed by atoms with Crippen LogP contribution in [-0.2, 0) is 12.8 Å². The van der Waals surface area contributed by atoms with Crippen LogP contribution in [0.3, 0.4) is 0 Å². The minimum Gasteiger partial charge on any atom is -0.321 e. The van der Waals surface area contributed by atoms with Crippen molar-refractivity contribution in [2.45, 2.75) is 19.3 Å². The summed E-state index contributed by atoms with van der Waals surface area (Å²) in [6.07, 6.45) is 4.43. The van der Waals surface area contributed by atoms with Gasteiger partial charge in [-0.15, -0.1) is 11.3 Å². The van der Waals surface area contributed by atoms with Crippen LogP contribution < -0.4 is 5.32 Å². The van der Waals surface area contributed by atoms with E-state index in [9.17, 15) is 9.18 Å². The van der Waals surface area contributed by atoms with E-state index in [-0.39, 0.29) is 11.7 Å². The van der Waals surface area contributed by atoms with E-state index >= 15 is 0 Å². The predicted molar refractivity (Wildman–Crippen MR) is 111 cm³/mol. The van der Waals surface area contributed by atoms with Crippen molar-refractivity contribution in [3.05, 3.63) is 82.9 Å². The van der Waals surface area contributed by atoms with E-state index in [2.05, 4.69) is 15.4 Å². The van der Waals surface area contributed by atoms with Gasteiger partial charge in [0.15, 0.2) is 5.69 Å². The number of carbonyl (C=O) groups excluding carboxylic acids is 1. The highest BCUT2D eigenvalue weighted by atomic mass is 32.1. The molecule has 0 unspecified atom stereocenters. The smallest absolute Gasteiger partial charge is 0.276 e. The van der Waals surface area contributed by atoms with Gasteiger partial charge < -0.3 is 5.32 Å². The Labute approximate surface area is 170 Å². The second-order valence-corrected chi connectivity index (χ2v) is 7.78. The molecule has 2 heterocycles. The summed E-state index contributed by atoms with van der Waals surface area (Å²) in [4.78, 5) is 17.2. The summed E-state index contributed by atoms with van der Waals surface area (Å²) in [7, 11) is 0. The first-order chi connectivity index (χ1) is 14.2. The predicted octanol–water partition coefficient (Wildman–Crippen LogP) is 4.88. The second kappa shape index (κ2) is 7.25. The van der Waals surface area contributed by atoms with Gasteiger partial charge >= 0.3 is 0 Å². The third-order valence-corrected chi connectivity index (χ3v) is 5.86. The van der Waals surface area contributed by atoms with Gasteiger partial charge in [0.05, 0.1) is 5.69 Å². The van der Waals surface area contributed by atoms with Gasteiger partial charge in [0.2, 0.25) is 0 Å². The zero-order valence-electron chi connectivity index (χ0n) is 15.4. The van der Waals surface area contributed by atoms with E-state index in [1.165, 1.54) is 12.1 Å². The largest absolute Gasteiger partial charge is 0.321 e. The van der Waals surface area contributed by atoms with Crippen LogP contribution in [0.1, 0.15) is 28.2 Å². The Balaban J connectivity index is 1.41. The molecule has 1 N–H and O–H groups in total. The van der Waals surface area contributed by atoms with Gasteiger partial charge in [0.25, 0.3) is 5.91 Å². The van der Waals surface area contributed by atoms with Gasteiger partial charge in [0.1, 0.15) is 10.8 Å². The van der Waals surface area contributed by atoms with Crippen LogP contribution in [0, 0.1) is 5.82 Å². The molecule has 0 aliphatic heterocycles. The van der Waals surface area contributed by atoms with Crippen LogP contribution in [-0.4, -0.2) is 20.7 Å². The molecule has 5 rings (SSSR count). The maximum atomic E-state index is 13.3. The van der Waals surface area contributed by atoms with Crippen LogP contribution in [0.15, 0.2) is 60.1 Å². The van der Waals surface area contributed by atoms with E-state index in [1.807, 2.05) is 29.6 Å². The number of rotatable bonds is 4. The molecule has 0 bridgehead atoms. The lowest BCUT2D eigenvalue weighted by atomic mass is 10.1. The third-order valence-electron chi connectivity index (χ3n) is 5.04. The minimum atomic E-state index is -0.295. The molecule has 5 nitrogen and oxygen atoms in total. The van der Waals surface area contributed by atoms with E-state index < -0.39 is 0 Å². The van der Waals surface area contributed by atoms with E-state index in [4.69, 9.17) is 0 Å². The average molecular weight is 404 g/mol. The molecule has 0 saturated carbocycles. The number of carbonyl (C=O) groups is 1. The third kappa shape index (κ3) is 3.34. The molecule has 29 heavy (non-hydrogen) atoms. The molecule has 144 valence electrons. The van der Waals surface area contributed by atoms with Crippen molar-refractivity contribution in [1.82, 2.24) is 14.8 Å². The number of hydrogen-bond acceptors (Lipinski definition) is 4. The van der Waals surface area contributed by atoms with E-state index in [0.29, 0.717) is 11.4 Å². The zero-order valence-corrected chi connectivity index (χ0v) is 16.2. The summed E-state index contributed by atoms with van der Waals surface area (Å²) in [5, 5.41) is 10.4. The molecule has 0 atom stereocenters. The van der Waals surface area contributed by atoms with Crippen molar-refractivity contribution in [3.8, 4) is 16.3 Å². The highest BCUT2D eigenvalue weighted by Crippen LogP contribution is 2.29. The van der Waals surface area contributed by atoms with E-state index in [1.54, 1.807) is 34.3 Å². The Kier molecular flexibility index (Phi) is 4.44. The van der Waals surface area contributed by atoms with Gasteiger partial charge in [-0.2, -0.15) is 5.10 Å². The molecule has 7 heteroatoms. The molecule has 1 amide bonds. The Morgan fingerprint density at radius 1 is 1.07 bits per heavy atom. The summed E-state index contributed by atoms with van der Waals surface area (Å²) in [6, 6.07) is 13.8. The number of hydrogen-bond donors (Lipinski definition) is 1. The molecular formula is C22H17FN4OS. The number of aromatic nitrogens is 3.